The maximum atomic E-state index is 10.2. The SMILES string of the molecule is CB(O)N1CCCC(c2cc(Nc3ccc4sc(C)nc4c3)n3ncc(-c4cnn(C)c4)c3n2)C1. The first-order valence-corrected chi connectivity index (χ1v) is 12.7. The Morgan fingerprint density at radius 2 is 2.06 bits per heavy atom. The Kier molecular flexibility index (Phi) is 5.55. The van der Waals surface area contributed by atoms with Gasteiger partial charge in [0.1, 0.15) is 5.82 Å². The maximum absolute atomic E-state index is 10.2. The summed E-state index contributed by atoms with van der Waals surface area (Å²) >= 11 is 1.70. The number of rotatable bonds is 5. The molecule has 9 nitrogen and oxygen atoms in total. The Morgan fingerprint density at radius 3 is 2.86 bits per heavy atom. The molecule has 5 aromatic rings. The van der Waals surface area contributed by atoms with Crippen LogP contribution in [-0.2, 0) is 7.05 Å². The lowest BCUT2D eigenvalue weighted by Crippen LogP contribution is -2.43. The van der Waals surface area contributed by atoms with Crippen LogP contribution >= 0.6 is 11.3 Å². The van der Waals surface area contributed by atoms with Crippen molar-refractivity contribution in [2.75, 3.05) is 18.4 Å². The molecule has 2 N–H and O–H groups in total. The molecule has 1 aromatic carbocycles. The topological polar surface area (TPSA) is 96.4 Å². The summed E-state index contributed by atoms with van der Waals surface area (Å²) in [4.78, 5) is 11.9. The monoisotopic (exact) mass is 486 g/mol. The van der Waals surface area contributed by atoms with E-state index in [1.807, 2.05) is 43.9 Å². The van der Waals surface area contributed by atoms with Gasteiger partial charge in [0.05, 0.1) is 33.3 Å². The van der Waals surface area contributed by atoms with Gasteiger partial charge in [-0.3, -0.25) is 4.68 Å². The number of piperidine rings is 1. The van der Waals surface area contributed by atoms with E-state index in [0.29, 0.717) is 0 Å². The van der Waals surface area contributed by atoms with Crippen molar-refractivity contribution in [1.29, 1.82) is 0 Å². The number of benzene rings is 1. The fraction of sp³-hybridized carbons (Fsp3) is 0.333. The average molecular weight is 486 g/mol. The second kappa shape index (κ2) is 8.74. The van der Waals surface area contributed by atoms with Gasteiger partial charge in [-0.25, -0.2) is 9.97 Å². The molecule has 1 unspecified atom stereocenters. The molecule has 6 rings (SSSR count). The summed E-state index contributed by atoms with van der Waals surface area (Å²) in [5, 5.41) is 23.8. The van der Waals surface area contributed by atoms with E-state index >= 15 is 0 Å². The van der Waals surface area contributed by atoms with Crippen LogP contribution in [0.1, 0.15) is 29.5 Å². The van der Waals surface area contributed by atoms with Crippen LogP contribution in [0.3, 0.4) is 0 Å². The molecular weight excluding hydrogens is 459 g/mol. The van der Waals surface area contributed by atoms with E-state index < -0.39 is 7.05 Å². The van der Waals surface area contributed by atoms with Crippen LogP contribution in [0.15, 0.2) is 42.9 Å². The van der Waals surface area contributed by atoms with Crippen LogP contribution in [0, 0.1) is 6.92 Å². The van der Waals surface area contributed by atoms with Gasteiger partial charge < -0.3 is 15.2 Å². The molecule has 0 spiro atoms. The van der Waals surface area contributed by atoms with Crippen LogP contribution in [-0.4, -0.2) is 59.3 Å². The van der Waals surface area contributed by atoms with E-state index in [0.717, 1.165) is 70.4 Å². The lowest BCUT2D eigenvalue weighted by molar-refractivity contribution is 0.283. The van der Waals surface area contributed by atoms with Crippen LogP contribution in [0.4, 0.5) is 11.5 Å². The normalized spacial score (nSPS) is 16.9. The number of nitrogens with one attached hydrogen (secondary N) is 1. The molecule has 178 valence electrons. The molecule has 0 bridgehead atoms. The van der Waals surface area contributed by atoms with Crippen molar-refractivity contribution in [2.45, 2.75) is 32.5 Å². The second-order valence-corrected chi connectivity index (χ2v) is 10.5. The standard InChI is InChI=1S/C24H27BN8OS/c1-15-28-21-9-18(6-7-22(21)35-15)29-23-10-20(16-5-4-8-32(14-16)25(2)34)30-24-19(12-27-33(23)24)17-11-26-31(3)13-17/h6-7,9-13,16,29,34H,4-5,8,14H2,1-3H3. The van der Waals surface area contributed by atoms with Crippen molar-refractivity contribution < 1.29 is 5.02 Å². The fourth-order valence-corrected chi connectivity index (χ4v) is 5.71. The van der Waals surface area contributed by atoms with Gasteiger partial charge in [0.2, 0.25) is 0 Å². The van der Waals surface area contributed by atoms with Crippen molar-refractivity contribution in [2.24, 2.45) is 7.05 Å². The van der Waals surface area contributed by atoms with Crippen molar-refractivity contribution in [1.82, 2.24) is 34.2 Å². The molecule has 5 heterocycles. The van der Waals surface area contributed by atoms with E-state index in [2.05, 4.69) is 49.6 Å². The molecular formula is C24H27BN8OS. The Labute approximate surface area is 207 Å². The van der Waals surface area contributed by atoms with Gasteiger partial charge in [-0.15, -0.1) is 11.3 Å². The maximum Gasteiger partial charge on any atom is 0.376 e. The Bertz CT molecular complexity index is 1520. The highest BCUT2D eigenvalue weighted by molar-refractivity contribution is 7.18. The van der Waals surface area contributed by atoms with Gasteiger partial charge in [0.25, 0.3) is 0 Å². The van der Waals surface area contributed by atoms with Gasteiger partial charge in [-0.1, -0.05) is 0 Å². The Hall–Kier alpha value is -3.28. The fourth-order valence-electron chi connectivity index (χ4n) is 4.90. The highest BCUT2D eigenvalue weighted by Crippen LogP contribution is 2.33. The van der Waals surface area contributed by atoms with Crippen molar-refractivity contribution in [3.8, 4) is 11.1 Å². The summed E-state index contributed by atoms with van der Waals surface area (Å²) in [6.45, 7) is 5.55. The number of aryl methyl sites for hydroxylation is 2. The number of fused-ring (bicyclic) bond motifs is 2. The minimum Gasteiger partial charge on any atom is -0.437 e. The summed E-state index contributed by atoms with van der Waals surface area (Å²) in [5.74, 6) is 1.07. The summed E-state index contributed by atoms with van der Waals surface area (Å²) < 4.78 is 4.82. The molecule has 1 atom stereocenters. The first-order valence-electron chi connectivity index (χ1n) is 11.9. The lowest BCUT2D eigenvalue weighted by Gasteiger charge is -2.33. The first-order chi connectivity index (χ1) is 16.9. The Balaban J connectivity index is 1.45. The third-order valence-corrected chi connectivity index (χ3v) is 7.63. The Morgan fingerprint density at radius 1 is 1.17 bits per heavy atom. The van der Waals surface area contributed by atoms with E-state index in [9.17, 15) is 5.02 Å². The van der Waals surface area contributed by atoms with E-state index in [-0.39, 0.29) is 5.92 Å². The molecule has 0 saturated carbocycles. The molecule has 11 heteroatoms. The smallest absolute Gasteiger partial charge is 0.376 e. The first kappa shape index (κ1) is 22.2. The summed E-state index contributed by atoms with van der Waals surface area (Å²) in [5.41, 5.74) is 5.65. The van der Waals surface area contributed by atoms with Crippen molar-refractivity contribution in [3.05, 3.63) is 53.6 Å². The molecule has 35 heavy (non-hydrogen) atoms. The van der Waals surface area contributed by atoms with E-state index in [1.165, 1.54) is 4.70 Å². The third-order valence-electron chi connectivity index (χ3n) is 6.67. The number of hydrogen-bond acceptors (Lipinski definition) is 8. The third kappa shape index (κ3) is 4.20. The van der Waals surface area contributed by atoms with Crippen LogP contribution < -0.4 is 5.32 Å². The number of thiazole rings is 1. The molecule has 0 aliphatic carbocycles. The number of anilines is 2. The average Bonchev–Trinajstić information content (AvgIpc) is 3.56. The predicted molar refractivity (Wildman–Crippen MR) is 140 cm³/mol. The summed E-state index contributed by atoms with van der Waals surface area (Å²) in [7, 11) is 1.44. The van der Waals surface area contributed by atoms with Gasteiger partial charge in [-0.2, -0.15) is 14.7 Å². The van der Waals surface area contributed by atoms with Crippen LogP contribution in [0.2, 0.25) is 6.82 Å². The zero-order chi connectivity index (χ0) is 24.1. The van der Waals surface area contributed by atoms with Gasteiger partial charge >= 0.3 is 7.05 Å². The molecule has 0 radical (unpaired) electrons. The largest absolute Gasteiger partial charge is 0.437 e. The molecule has 0 amide bonds. The number of nitrogens with zero attached hydrogens (tertiary/aromatic N) is 7. The zero-order valence-corrected chi connectivity index (χ0v) is 20.8. The molecule has 1 aliphatic heterocycles. The summed E-state index contributed by atoms with van der Waals surface area (Å²) in [6, 6.07) is 8.35. The highest BCUT2D eigenvalue weighted by Gasteiger charge is 2.28. The molecule has 4 aromatic heterocycles. The quantitative estimate of drug-likeness (QED) is 0.362. The lowest BCUT2D eigenvalue weighted by atomic mass is 9.80. The van der Waals surface area contributed by atoms with Gasteiger partial charge in [-0.05, 0) is 57.9 Å². The van der Waals surface area contributed by atoms with Crippen LogP contribution in [0.5, 0.6) is 0 Å². The van der Waals surface area contributed by atoms with Crippen LogP contribution in [0.25, 0.3) is 27.0 Å². The van der Waals surface area contributed by atoms with Crippen molar-refractivity contribution >= 4 is 45.8 Å². The molecule has 1 saturated heterocycles. The van der Waals surface area contributed by atoms with Gasteiger partial charge in [0, 0.05) is 42.0 Å². The number of aromatic nitrogens is 6. The zero-order valence-electron chi connectivity index (χ0n) is 20.0. The second-order valence-electron chi connectivity index (χ2n) is 9.27. The number of hydrogen-bond donors (Lipinski definition) is 2. The molecule has 1 aliphatic rings. The molecule has 1 fully saturated rings. The van der Waals surface area contributed by atoms with Crippen molar-refractivity contribution in [3.63, 3.8) is 0 Å². The van der Waals surface area contributed by atoms with E-state index in [4.69, 9.17) is 4.98 Å². The van der Waals surface area contributed by atoms with Gasteiger partial charge in [0.15, 0.2) is 5.65 Å². The minimum absolute atomic E-state index is 0.226. The summed E-state index contributed by atoms with van der Waals surface area (Å²) in [6.07, 6.45) is 7.73. The highest BCUT2D eigenvalue weighted by atomic mass is 32.1. The van der Waals surface area contributed by atoms with E-state index in [1.54, 1.807) is 16.0 Å². The minimum atomic E-state index is -0.464. The predicted octanol–water partition coefficient (Wildman–Crippen LogP) is 4.08.